The number of nitrogens with two attached hydrogens (primary N) is 1. The van der Waals surface area contributed by atoms with E-state index in [0.717, 1.165) is 18.7 Å². The van der Waals surface area contributed by atoms with E-state index in [2.05, 4.69) is 10.2 Å². The normalized spacial score (nSPS) is 18.3. The maximum Gasteiger partial charge on any atom is 0.404 e. The number of hydrogen-bond acceptors (Lipinski definition) is 4. The fourth-order valence-corrected chi connectivity index (χ4v) is 2.85. The van der Waals surface area contributed by atoms with E-state index in [-0.39, 0.29) is 5.91 Å². The number of hydrogen-bond donors (Lipinski definition) is 3. The lowest BCUT2D eigenvalue weighted by atomic mass is 9.90. The molecule has 7 heteroatoms. The molecule has 1 aromatic rings. The third-order valence-electron chi connectivity index (χ3n) is 4.23. The molecule has 0 saturated carbocycles. The second-order valence-electron chi connectivity index (χ2n) is 6.01. The zero-order chi connectivity index (χ0) is 17.0. The third-order valence-corrected chi connectivity index (χ3v) is 4.23. The summed E-state index contributed by atoms with van der Waals surface area (Å²) >= 11 is 0. The van der Waals surface area contributed by atoms with E-state index in [1.165, 1.54) is 0 Å². The molecule has 1 aliphatic rings. The molecule has 1 saturated heterocycles. The first-order valence-electron chi connectivity index (χ1n) is 7.70. The number of nitrogen functional groups attached to an aromatic ring is 1. The van der Waals surface area contributed by atoms with E-state index in [9.17, 15) is 9.59 Å². The van der Waals surface area contributed by atoms with Gasteiger partial charge in [0.05, 0.1) is 5.92 Å². The van der Waals surface area contributed by atoms with Crippen LogP contribution in [-0.2, 0) is 4.79 Å². The largest absolute Gasteiger partial charge is 0.465 e. The van der Waals surface area contributed by atoms with Gasteiger partial charge in [-0.25, -0.2) is 4.79 Å². The minimum Gasteiger partial charge on any atom is -0.465 e. The molecule has 1 heterocycles. The number of piperazine rings is 1. The van der Waals surface area contributed by atoms with Gasteiger partial charge in [-0.2, -0.15) is 0 Å². The van der Waals surface area contributed by atoms with Crippen molar-refractivity contribution in [3.63, 3.8) is 0 Å². The zero-order valence-corrected chi connectivity index (χ0v) is 13.5. The van der Waals surface area contributed by atoms with Crippen LogP contribution in [0.3, 0.4) is 0 Å². The minimum absolute atomic E-state index is 0.0517. The summed E-state index contributed by atoms with van der Waals surface area (Å²) < 4.78 is 0. The molecule has 4 N–H and O–H groups in total. The monoisotopic (exact) mass is 320 g/mol. The number of carbonyl (C=O) groups is 2. The molecule has 0 aliphatic carbocycles. The van der Waals surface area contributed by atoms with Crippen LogP contribution in [-0.4, -0.2) is 66.2 Å². The topological polar surface area (TPSA) is 98.9 Å². The van der Waals surface area contributed by atoms with Crippen molar-refractivity contribution >= 4 is 17.7 Å². The Balaban J connectivity index is 2.23. The molecule has 0 aromatic heterocycles. The highest BCUT2D eigenvalue weighted by atomic mass is 16.4. The molecule has 0 unspecified atom stereocenters. The fourth-order valence-electron chi connectivity index (χ4n) is 2.85. The fraction of sp³-hybridized carbons (Fsp3) is 0.500. The summed E-state index contributed by atoms with van der Waals surface area (Å²) in [6.07, 6.45) is -1.14. The van der Waals surface area contributed by atoms with Gasteiger partial charge in [-0.15, -0.1) is 0 Å². The van der Waals surface area contributed by atoms with Gasteiger partial charge in [-0.3, -0.25) is 4.79 Å². The smallest absolute Gasteiger partial charge is 0.404 e. The predicted octanol–water partition coefficient (Wildman–Crippen LogP) is 0.783. The molecule has 1 aliphatic heterocycles. The van der Waals surface area contributed by atoms with Crippen molar-refractivity contribution in [1.82, 2.24) is 15.1 Å². The van der Waals surface area contributed by atoms with Crippen LogP contribution in [0.1, 0.15) is 18.4 Å². The van der Waals surface area contributed by atoms with E-state index >= 15 is 0 Å². The van der Waals surface area contributed by atoms with Gasteiger partial charge in [0, 0.05) is 37.9 Å². The Labute approximate surface area is 136 Å². The van der Waals surface area contributed by atoms with Crippen LogP contribution in [0.2, 0.25) is 0 Å². The van der Waals surface area contributed by atoms with Crippen molar-refractivity contribution in [2.45, 2.75) is 18.9 Å². The lowest BCUT2D eigenvalue weighted by molar-refractivity contribution is -0.135. The summed E-state index contributed by atoms with van der Waals surface area (Å²) in [6, 6.07) is 6.51. The van der Waals surface area contributed by atoms with Crippen molar-refractivity contribution in [2.24, 2.45) is 0 Å². The van der Waals surface area contributed by atoms with Crippen molar-refractivity contribution in [3.05, 3.63) is 29.8 Å². The number of carboxylic acid groups (broad SMARTS) is 1. The summed E-state index contributed by atoms with van der Waals surface area (Å²) in [5, 5.41) is 11.4. The Morgan fingerprint density at radius 2 is 1.74 bits per heavy atom. The van der Waals surface area contributed by atoms with Crippen molar-refractivity contribution in [3.8, 4) is 0 Å². The summed E-state index contributed by atoms with van der Waals surface area (Å²) in [7, 11) is 2.02. The maximum absolute atomic E-state index is 13.0. The second kappa shape index (κ2) is 7.32. The molecule has 0 radical (unpaired) electrons. The number of benzene rings is 1. The highest BCUT2D eigenvalue weighted by molar-refractivity contribution is 5.85. The van der Waals surface area contributed by atoms with E-state index in [4.69, 9.17) is 10.8 Å². The van der Waals surface area contributed by atoms with Gasteiger partial charge >= 0.3 is 6.09 Å². The molecule has 1 aromatic carbocycles. The average Bonchev–Trinajstić information content (AvgIpc) is 2.49. The second-order valence-corrected chi connectivity index (χ2v) is 6.01. The number of nitrogens with one attached hydrogen (secondary N) is 1. The Hall–Kier alpha value is -2.28. The molecule has 2 atom stereocenters. The number of anilines is 1. The van der Waals surface area contributed by atoms with Gasteiger partial charge in [-0.05, 0) is 31.7 Å². The summed E-state index contributed by atoms with van der Waals surface area (Å²) in [4.78, 5) is 27.9. The predicted molar refractivity (Wildman–Crippen MR) is 88.3 cm³/mol. The van der Waals surface area contributed by atoms with E-state index in [0.29, 0.717) is 18.8 Å². The molecule has 2 amide bonds. The number of amides is 2. The van der Waals surface area contributed by atoms with Crippen molar-refractivity contribution in [2.75, 3.05) is 39.0 Å². The number of likely N-dealkylation sites (N-methyl/N-ethyl adjacent to an activating group) is 1. The molecular formula is C16H24N4O3. The Kier molecular flexibility index (Phi) is 5.44. The third kappa shape index (κ3) is 4.35. The van der Waals surface area contributed by atoms with Crippen LogP contribution in [0, 0.1) is 0 Å². The van der Waals surface area contributed by atoms with Gasteiger partial charge in [0.2, 0.25) is 5.91 Å². The number of rotatable bonds is 4. The molecule has 126 valence electrons. The number of carbonyl (C=O) groups excluding carboxylic acids is 1. The highest BCUT2D eigenvalue weighted by Crippen LogP contribution is 2.24. The minimum atomic E-state index is -1.14. The van der Waals surface area contributed by atoms with Gasteiger partial charge in [0.15, 0.2) is 0 Å². The Morgan fingerprint density at radius 1 is 1.17 bits per heavy atom. The van der Waals surface area contributed by atoms with Crippen LogP contribution < -0.4 is 11.1 Å². The highest BCUT2D eigenvalue weighted by Gasteiger charge is 2.32. The van der Waals surface area contributed by atoms with Crippen molar-refractivity contribution in [1.29, 1.82) is 0 Å². The first kappa shape index (κ1) is 17.1. The summed E-state index contributed by atoms with van der Waals surface area (Å²) in [5.41, 5.74) is 7.08. The Bertz CT molecular complexity index is 553. The number of nitrogens with zero attached hydrogens (tertiary/aromatic N) is 2. The van der Waals surface area contributed by atoms with E-state index < -0.39 is 18.1 Å². The molecule has 0 bridgehead atoms. The van der Waals surface area contributed by atoms with Crippen LogP contribution in [0.4, 0.5) is 10.5 Å². The molecule has 7 nitrogen and oxygen atoms in total. The van der Waals surface area contributed by atoms with Crippen LogP contribution >= 0.6 is 0 Å². The first-order valence-corrected chi connectivity index (χ1v) is 7.70. The summed E-state index contributed by atoms with van der Waals surface area (Å²) in [6.45, 7) is 4.66. The van der Waals surface area contributed by atoms with Gasteiger partial charge in [-0.1, -0.05) is 12.1 Å². The quantitative estimate of drug-likeness (QED) is 0.712. The first-order chi connectivity index (χ1) is 10.9. The SMILES string of the molecule is C[C@@H](NC(=O)O)[C@@H](C(=O)N1CCN(C)CC1)c1ccc(N)cc1. The lowest BCUT2D eigenvalue weighted by Gasteiger charge is -2.36. The molecule has 23 heavy (non-hydrogen) atoms. The van der Waals surface area contributed by atoms with Crippen LogP contribution in [0.15, 0.2) is 24.3 Å². The molecule has 1 fully saturated rings. The zero-order valence-electron chi connectivity index (χ0n) is 13.5. The summed E-state index contributed by atoms with van der Waals surface area (Å²) in [5.74, 6) is -0.612. The van der Waals surface area contributed by atoms with Crippen LogP contribution in [0.25, 0.3) is 0 Å². The van der Waals surface area contributed by atoms with E-state index in [1.54, 1.807) is 36.1 Å². The standard InChI is InChI=1S/C16H24N4O3/c1-11(18-16(22)23)14(12-3-5-13(17)6-4-12)15(21)20-9-7-19(2)8-10-20/h3-6,11,14,18H,7-10,17H2,1-2H3,(H,22,23)/t11-,14-/m1/s1. The van der Waals surface area contributed by atoms with Crippen molar-refractivity contribution < 1.29 is 14.7 Å². The molecule has 0 spiro atoms. The van der Waals surface area contributed by atoms with Gasteiger partial charge in [0.1, 0.15) is 0 Å². The van der Waals surface area contributed by atoms with E-state index in [1.807, 2.05) is 7.05 Å². The van der Waals surface area contributed by atoms with Gasteiger partial charge < -0.3 is 26.0 Å². The average molecular weight is 320 g/mol. The lowest BCUT2D eigenvalue weighted by Crippen LogP contribution is -2.51. The Morgan fingerprint density at radius 3 is 2.26 bits per heavy atom. The van der Waals surface area contributed by atoms with Crippen LogP contribution in [0.5, 0.6) is 0 Å². The molecular weight excluding hydrogens is 296 g/mol. The van der Waals surface area contributed by atoms with Gasteiger partial charge in [0.25, 0.3) is 0 Å². The maximum atomic E-state index is 13.0. The molecule has 2 rings (SSSR count).